The first-order valence-electron chi connectivity index (χ1n) is 3.75. The Bertz CT molecular complexity index is 375. The van der Waals surface area contributed by atoms with Crippen LogP contribution in [-0.2, 0) is 4.74 Å². The van der Waals surface area contributed by atoms with Crippen LogP contribution in [0.1, 0.15) is 10.4 Å². The van der Waals surface area contributed by atoms with Gasteiger partial charge in [0.25, 0.3) is 0 Å². The fourth-order valence-electron chi connectivity index (χ4n) is 0.798. The Balaban J connectivity index is 2.59. The Labute approximate surface area is 101 Å². The lowest BCUT2D eigenvalue weighted by atomic mass is 10.2. The van der Waals surface area contributed by atoms with E-state index in [1.807, 2.05) is 22.6 Å². The molecule has 1 rings (SSSR count). The molecule has 0 amide bonds. The number of halogens is 2. The maximum atomic E-state index is 11.3. The summed E-state index contributed by atoms with van der Waals surface area (Å²) in [6, 6.07) is 6.51. The van der Waals surface area contributed by atoms with Crippen LogP contribution >= 0.6 is 34.2 Å². The van der Waals surface area contributed by atoms with Crippen molar-refractivity contribution < 1.29 is 9.53 Å². The largest absolute Gasteiger partial charge is 0.449 e. The second kappa shape index (κ2) is 5.89. The van der Waals surface area contributed by atoms with E-state index >= 15 is 0 Å². The van der Waals surface area contributed by atoms with Crippen molar-refractivity contribution in [1.82, 2.24) is 0 Å². The second-order valence-corrected chi connectivity index (χ2v) is 3.33. The monoisotopic (exact) mass is 320 g/mol. The van der Waals surface area contributed by atoms with E-state index in [0.717, 1.165) is 0 Å². The topological polar surface area (TPSA) is 26.3 Å². The number of benzene rings is 1. The molecular formula is C10H6ClIO2. The highest BCUT2D eigenvalue weighted by Gasteiger charge is 2.04. The molecule has 0 atom stereocenters. The molecule has 0 saturated heterocycles. The van der Waals surface area contributed by atoms with Crippen molar-refractivity contribution in [3.8, 4) is 9.85 Å². The third kappa shape index (κ3) is 3.56. The van der Waals surface area contributed by atoms with Crippen LogP contribution in [0.15, 0.2) is 24.3 Å². The molecular weight excluding hydrogens is 314 g/mol. The van der Waals surface area contributed by atoms with Gasteiger partial charge in [0.05, 0.1) is 5.56 Å². The van der Waals surface area contributed by atoms with Crippen LogP contribution in [0.4, 0.5) is 0 Å². The Morgan fingerprint density at radius 3 is 2.64 bits per heavy atom. The number of rotatable bonds is 2. The lowest BCUT2D eigenvalue weighted by molar-refractivity contribution is 0.0557. The van der Waals surface area contributed by atoms with Gasteiger partial charge in [0.15, 0.2) is 6.61 Å². The number of carbonyl (C=O) groups is 1. The molecule has 2 nitrogen and oxygen atoms in total. The van der Waals surface area contributed by atoms with Gasteiger partial charge in [-0.1, -0.05) is 17.5 Å². The first kappa shape index (κ1) is 11.3. The number of esters is 1. The minimum absolute atomic E-state index is 0.115. The van der Waals surface area contributed by atoms with Crippen LogP contribution in [0.5, 0.6) is 0 Å². The maximum absolute atomic E-state index is 11.3. The third-order valence-corrected chi connectivity index (χ3v) is 2.06. The van der Waals surface area contributed by atoms with E-state index in [-0.39, 0.29) is 12.6 Å². The quantitative estimate of drug-likeness (QED) is 0.476. The molecule has 4 heteroatoms. The maximum Gasteiger partial charge on any atom is 0.339 e. The molecule has 0 aromatic heterocycles. The fourth-order valence-corrected chi connectivity index (χ4v) is 1.08. The molecule has 14 heavy (non-hydrogen) atoms. The van der Waals surface area contributed by atoms with Crippen molar-refractivity contribution in [3.05, 3.63) is 34.9 Å². The Hall–Kier alpha value is -0.730. The molecule has 1 aromatic rings. The highest BCUT2D eigenvalue weighted by molar-refractivity contribution is 14.1. The van der Waals surface area contributed by atoms with E-state index in [2.05, 4.69) is 9.85 Å². The number of hydrogen-bond donors (Lipinski definition) is 0. The summed E-state index contributed by atoms with van der Waals surface area (Å²) in [5.41, 5.74) is 0.477. The molecule has 0 radical (unpaired) electrons. The summed E-state index contributed by atoms with van der Waals surface area (Å²) < 4.78 is 7.45. The van der Waals surface area contributed by atoms with Gasteiger partial charge in [-0.25, -0.2) is 4.79 Å². The van der Waals surface area contributed by atoms with Crippen LogP contribution in [0.3, 0.4) is 0 Å². The van der Waals surface area contributed by atoms with Crippen molar-refractivity contribution in [2.45, 2.75) is 0 Å². The predicted octanol–water partition coefficient (Wildman–Crippen LogP) is 2.89. The summed E-state index contributed by atoms with van der Waals surface area (Å²) in [7, 11) is 0. The second-order valence-electron chi connectivity index (χ2n) is 2.35. The lowest BCUT2D eigenvalue weighted by Crippen LogP contribution is -2.04. The van der Waals surface area contributed by atoms with Crippen LogP contribution < -0.4 is 0 Å². The smallest absolute Gasteiger partial charge is 0.339 e. The average Bonchev–Trinajstić information content (AvgIpc) is 2.19. The van der Waals surface area contributed by atoms with Crippen molar-refractivity contribution in [2.24, 2.45) is 0 Å². The fraction of sp³-hybridized carbons (Fsp3) is 0.100. The molecule has 1 aromatic carbocycles. The van der Waals surface area contributed by atoms with Gasteiger partial charge >= 0.3 is 5.97 Å². The minimum Gasteiger partial charge on any atom is -0.449 e. The molecule has 0 spiro atoms. The van der Waals surface area contributed by atoms with Crippen molar-refractivity contribution >= 4 is 40.2 Å². The Morgan fingerprint density at radius 1 is 1.43 bits per heavy atom. The Kier molecular flexibility index (Phi) is 4.77. The molecule has 0 N–H and O–H groups in total. The highest BCUT2D eigenvalue weighted by atomic mass is 127. The first-order valence-corrected chi connectivity index (χ1v) is 5.21. The zero-order chi connectivity index (χ0) is 10.4. The normalized spacial score (nSPS) is 8.71. The summed E-state index contributed by atoms with van der Waals surface area (Å²) in [6.07, 6.45) is 0. The highest BCUT2D eigenvalue weighted by Crippen LogP contribution is 2.10. The lowest BCUT2D eigenvalue weighted by Gasteiger charge is -2.00. The van der Waals surface area contributed by atoms with Crippen molar-refractivity contribution in [1.29, 1.82) is 0 Å². The zero-order valence-corrected chi connectivity index (χ0v) is 10.0. The van der Waals surface area contributed by atoms with Crippen LogP contribution in [0.25, 0.3) is 0 Å². The van der Waals surface area contributed by atoms with E-state index in [1.54, 1.807) is 24.3 Å². The molecule has 0 saturated carbocycles. The SMILES string of the molecule is O=C(OCC#CI)c1ccc(Cl)cc1. The molecule has 72 valence electrons. The van der Waals surface area contributed by atoms with Crippen LogP contribution in [-0.4, -0.2) is 12.6 Å². The van der Waals surface area contributed by atoms with E-state index in [0.29, 0.717) is 10.6 Å². The predicted molar refractivity (Wildman–Crippen MR) is 63.5 cm³/mol. The van der Waals surface area contributed by atoms with Gasteiger partial charge in [-0.15, -0.1) is 0 Å². The average molecular weight is 321 g/mol. The van der Waals surface area contributed by atoms with Gasteiger partial charge in [0.2, 0.25) is 0 Å². The van der Waals surface area contributed by atoms with Gasteiger partial charge in [-0.05, 0) is 28.2 Å². The van der Waals surface area contributed by atoms with Crippen LogP contribution in [0.2, 0.25) is 5.02 Å². The summed E-state index contributed by atoms with van der Waals surface area (Å²) in [5, 5.41) is 0.591. The summed E-state index contributed by atoms with van der Waals surface area (Å²) in [4.78, 5) is 11.3. The van der Waals surface area contributed by atoms with Crippen molar-refractivity contribution in [3.63, 3.8) is 0 Å². The molecule has 0 bridgehead atoms. The molecule has 0 aliphatic rings. The van der Waals surface area contributed by atoms with Crippen LogP contribution in [0, 0.1) is 9.85 Å². The van der Waals surface area contributed by atoms with Gasteiger partial charge in [-0.2, -0.15) is 0 Å². The number of ether oxygens (including phenoxy) is 1. The number of hydrogen-bond acceptors (Lipinski definition) is 2. The zero-order valence-electron chi connectivity index (χ0n) is 7.09. The number of carbonyl (C=O) groups excluding carboxylic acids is 1. The summed E-state index contributed by atoms with van der Waals surface area (Å²) in [6.45, 7) is 0.115. The molecule has 0 unspecified atom stereocenters. The molecule has 0 fully saturated rings. The first-order chi connectivity index (χ1) is 6.74. The standard InChI is InChI=1S/C10H6ClIO2/c11-9-4-2-8(3-5-9)10(13)14-7-1-6-12/h2-5H,7H2. The van der Waals surface area contributed by atoms with Gasteiger partial charge in [0.1, 0.15) is 0 Å². The summed E-state index contributed by atoms with van der Waals surface area (Å²) >= 11 is 7.55. The molecule has 0 aliphatic heterocycles. The van der Waals surface area contributed by atoms with Gasteiger partial charge < -0.3 is 4.74 Å². The van der Waals surface area contributed by atoms with Gasteiger partial charge in [0, 0.05) is 27.6 Å². The van der Waals surface area contributed by atoms with E-state index in [4.69, 9.17) is 16.3 Å². The third-order valence-electron chi connectivity index (χ3n) is 1.42. The Morgan fingerprint density at radius 2 is 2.07 bits per heavy atom. The summed E-state index contributed by atoms with van der Waals surface area (Å²) in [5.74, 6) is 2.24. The van der Waals surface area contributed by atoms with E-state index in [9.17, 15) is 4.79 Å². The van der Waals surface area contributed by atoms with E-state index in [1.165, 1.54) is 0 Å². The molecule has 0 aliphatic carbocycles. The molecule has 0 heterocycles. The van der Waals surface area contributed by atoms with E-state index < -0.39 is 0 Å². The van der Waals surface area contributed by atoms with Gasteiger partial charge in [-0.3, -0.25) is 0 Å². The minimum atomic E-state index is -0.388. The van der Waals surface area contributed by atoms with Crippen molar-refractivity contribution in [2.75, 3.05) is 6.61 Å².